The summed E-state index contributed by atoms with van der Waals surface area (Å²) in [5.74, 6) is 0.875. The maximum atomic E-state index is 13.8. The predicted molar refractivity (Wildman–Crippen MR) is 128 cm³/mol. The fourth-order valence-corrected chi connectivity index (χ4v) is 4.65. The second-order valence-electron chi connectivity index (χ2n) is 9.40. The molecule has 1 amide bonds. The first-order valence-electron chi connectivity index (χ1n) is 12.3. The number of ether oxygens (including phenoxy) is 2. The molecule has 0 bridgehead atoms. The largest absolute Gasteiger partial charge is 0.494 e. The summed E-state index contributed by atoms with van der Waals surface area (Å²) in [5.41, 5.74) is 0.247. The molecule has 0 unspecified atom stereocenters. The van der Waals surface area contributed by atoms with Crippen LogP contribution in [0.3, 0.4) is 0 Å². The van der Waals surface area contributed by atoms with Crippen LogP contribution in [0.25, 0.3) is 0 Å². The van der Waals surface area contributed by atoms with Gasteiger partial charge in [-0.05, 0) is 68.5 Å². The molecule has 2 aliphatic heterocycles. The topological polar surface area (TPSA) is 62.2 Å². The van der Waals surface area contributed by atoms with Gasteiger partial charge in [-0.15, -0.1) is 0 Å². The summed E-state index contributed by atoms with van der Waals surface area (Å²) in [6, 6.07) is 14.4. The molecule has 2 aliphatic rings. The van der Waals surface area contributed by atoms with Gasteiger partial charge in [0.15, 0.2) is 11.6 Å². The minimum atomic E-state index is -0.950. The van der Waals surface area contributed by atoms with E-state index in [0.717, 1.165) is 57.7 Å². The van der Waals surface area contributed by atoms with Crippen molar-refractivity contribution in [3.8, 4) is 11.5 Å². The molecule has 34 heavy (non-hydrogen) atoms. The Bertz CT molecular complexity index is 938. The van der Waals surface area contributed by atoms with Crippen LogP contribution < -0.4 is 9.47 Å². The van der Waals surface area contributed by atoms with Gasteiger partial charge >= 0.3 is 0 Å². The van der Waals surface area contributed by atoms with E-state index in [4.69, 9.17) is 9.47 Å². The maximum Gasteiger partial charge on any atom is 0.222 e. The number of carbonyl (C=O) groups is 1. The van der Waals surface area contributed by atoms with Crippen molar-refractivity contribution in [2.75, 3.05) is 39.4 Å². The summed E-state index contributed by atoms with van der Waals surface area (Å²) in [5, 5.41) is 11.0. The number of nitrogens with zero attached hydrogens (tertiary/aromatic N) is 2. The summed E-state index contributed by atoms with van der Waals surface area (Å²) < 4.78 is 25.2. The predicted octanol–water partition coefficient (Wildman–Crippen LogP) is 4.01. The SMILES string of the molecule is O=C1CCCN1CCCOc1ccc(CN2CCC[C@](O)(COc3ccccc3F)CC2)cc1. The van der Waals surface area contributed by atoms with Gasteiger partial charge in [-0.2, -0.15) is 0 Å². The third kappa shape index (κ3) is 6.93. The number of amides is 1. The fourth-order valence-electron chi connectivity index (χ4n) is 4.65. The monoisotopic (exact) mass is 470 g/mol. The highest BCUT2D eigenvalue weighted by molar-refractivity contribution is 5.77. The zero-order chi connectivity index (χ0) is 23.8. The van der Waals surface area contributed by atoms with Crippen LogP contribution in [0.4, 0.5) is 4.39 Å². The summed E-state index contributed by atoms with van der Waals surface area (Å²) >= 11 is 0. The first-order chi connectivity index (χ1) is 16.5. The molecule has 2 heterocycles. The van der Waals surface area contributed by atoms with Crippen molar-refractivity contribution in [2.24, 2.45) is 0 Å². The highest BCUT2D eigenvalue weighted by atomic mass is 19.1. The third-order valence-corrected chi connectivity index (χ3v) is 6.68. The van der Waals surface area contributed by atoms with Crippen molar-refractivity contribution >= 4 is 5.91 Å². The Morgan fingerprint density at radius 1 is 0.971 bits per heavy atom. The Labute approximate surface area is 201 Å². The second kappa shape index (κ2) is 11.7. The zero-order valence-corrected chi connectivity index (χ0v) is 19.8. The van der Waals surface area contributed by atoms with Crippen molar-refractivity contribution in [3.63, 3.8) is 0 Å². The number of carbonyl (C=O) groups excluding carboxylic acids is 1. The lowest BCUT2D eigenvalue weighted by atomic mass is 9.96. The number of hydrogen-bond donors (Lipinski definition) is 1. The number of aliphatic hydroxyl groups is 1. The molecule has 4 rings (SSSR count). The number of halogens is 1. The summed E-state index contributed by atoms with van der Waals surface area (Å²) in [7, 11) is 0. The van der Waals surface area contributed by atoms with Crippen LogP contribution in [0, 0.1) is 5.82 Å². The number of likely N-dealkylation sites (tertiary alicyclic amines) is 2. The smallest absolute Gasteiger partial charge is 0.222 e. The van der Waals surface area contributed by atoms with Gasteiger partial charge in [0.25, 0.3) is 0 Å². The van der Waals surface area contributed by atoms with E-state index in [2.05, 4.69) is 17.0 Å². The lowest BCUT2D eigenvalue weighted by Gasteiger charge is -2.27. The van der Waals surface area contributed by atoms with E-state index >= 15 is 0 Å². The normalized spacial score (nSPS) is 21.5. The minimum absolute atomic E-state index is 0.0970. The molecule has 0 aromatic heterocycles. The molecule has 0 spiro atoms. The summed E-state index contributed by atoms with van der Waals surface area (Å²) in [4.78, 5) is 15.9. The fraction of sp³-hybridized carbons (Fsp3) is 0.519. The molecule has 2 aromatic rings. The molecule has 7 heteroatoms. The van der Waals surface area contributed by atoms with Crippen LogP contribution in [0.5, 0.6) is 11.5 Å². The number of para-hydroxylation sites is 1. The lowest BCUT2D eigenvalue weighted by Crippen LogP contribution is -2.37. The molecule has 0 saturated carbocycles. The molecule has 2 aromatic carbocycles. The molecular formula is C27H35FN2O4. The van der Waals surface area contributed by atoms with E-state index < -0.39 is 11.4 Å². The quantitative estimate of drug-likeness (QED) is 0.532. The Balaban J connectivity index is 1.19. The number of hydrogen-bond acceptors (Lipinski definition) is 5. The third-order valence-electron chi connectivity index (χ3n) is 6.68. The molecule has 0 radical (unpaired) electrons. The van der Waals surface area contributed by atoms with E-state index in [-0.39, 0.29) is 18.3 Å². The Hall–Kier alpha value is -2.64. The first-order valence-corrected chi connectivity index (χ1v) is 12.3. The van der Waals surface area contributed by atoms with E-state index in [1.54, 1.807) is 18.2 Å². The van der Waals surface area contributed by atoms with Gasteiger partial charge in [-0.1, -0.05) is 24.3 Å². The summed E-state index contributed by atoms with van der Waals surface area (Å²) in [6.45, 7) is 4.80. The minimum Gasteiger partial charge on any atom is -0.494 e. The average Bonchev–Trinajstić information content (AvgIpc) is 3.16. The molecule has 2 saturated heterocycles. The summed E-state index contributed by atoms with van der Waals surface area (Å²) in [6.07, 6.45) is 4.57. The van der Waals surface area contributed by atoms with Crippen LogP contribution in [-0.4, -0.2) is 65.8 Å². The van der Waals surface area contributed by atoms with Crippen molar-refractivity contribution in [2.45, 2.75) is 50.7 Å². The molecular weight excluding hydrogens is 435 g/mol. The van der Waals surface area contributed by atoms with E-state index in [0.29, 0.717) is 25.9 Å². The van der Waals surface area contributed by atoms with Crippen LogP contribution >= 0.6 is 0 Å². The highest BCUT2D eigenvalue weighted by Gasteiger charge is 2.31. The van der Waals surface area contributed by atoms with Gasteiger partial charge in [0.1, 0.15) is 12.4 Å². The Kier molecular flexibility index (Phi) is 8.40. The van der Waals surface area contributed by atoms with E-state index in [1.165, 1.54) is 11.6 Å². The molecule has 2 fully saturated rings. The van der Waals surface area contributed by atoms with Crippen LogP contribution in [0.15, 0.2) is 48.5 Å². The van der Waals surface area contributed by atoms with Crippen molar-refractivity contribution in [1.29, 1.82) is 0 Å². The van der Waals surface area contributed by atoms with Gasteiger partial charge in [0.2, 0.25) is 5.91 Å². The van der Waals surface area contributed by atoms with Gasteiger partial charge in [0, 0.05) is 32.6 Å². The highest BCUT2D eigenvalue weighted by Crippen LogP contribution is 2.26. The van der Waals surface area contributed by atoms with Gasteiger partial charge in [0.05, 0.1) is 12.2 Å². The Morgan fingerprint density at radius 3 is 2.56 bits per heavy atom. The standard InChI is InChI=1S/C27H35FN2O4/c28-24-6-1-2-7-25(24)34-21-27(32)13-4-15-29(18-14-27)20-22-9-11-23(12-10-22)33-19-5-17-30-16-3-8-26(30)31/h1-2,6-7,9-12,32H,3-5,8,13-21H2/t27-/m1/s1. The molecule has 184 valence electrons. The van der Waals surface area contributed by atoms with Gasteiger partial charge < -0.3 is 19.5 Å². The Morgan fingerprint density at radius 2 is 1.79 bits per heavy atom. The van der Waals surface area contributed by atoms with Crippen molar-refractivity contribution < 1.29 is 23.8 Å². The van der Waals surface area contributed by atoms with Crippen molar-refractivity contribution in [1.82, 2.24) is 9.80 Å². The molecule has 1 N–H and O–H groups in total. The average molecular weight is 471 g/mol. The zero-order valence-electron chi connectivity index (χ0n) is 19.8. The maximum absolute atomic E-state index is 13.8. The van der Waals surface area contributed by atoms with Crippen molar-refractivity contribution in [3.05, 3.63) is 59.9 Å². The van der Waals surface area contributed by atoms with Crippen LogP contribution in [0.2, 0.25) is 0 Å². The first kappa shape index (κ1) is 24.5. The number of benzene rings is 2. The van der Waals surface area contributed by atoms with Gasteiger partial charge in [-0.25, -0.2) is 4.39 Å². The van der Waals surface area contributed by atoms with E-state index in [9.17, 15) is 14.3 Å². The van der Waals surface area contributed by atoms with Crippen LogP contribution in [0.1, 0.15) is 44.1 Å². The molecule has 1 atom stereocenters. The molecule has 0 aliphatic carbocycles. The van der Waals surface area contributed by atoms with Gasteiger partial charge in [-0.3, -0.25) is 9.69 Å². The van der Waals surface area contributed by atoms with E-state index in [1.807, 2.05) is 17.0 Å². The van der Waals surface area contributed by atoms with Crippen LogP contribution in [-0.2, 0) is 11.3 Å². The lowest BCUT2D eigenvalue weighted by molar-refractivity contribution is -0.127. The second-order valence-corrected chi connectivity index (χ2v) is 9.40. The molecule has 6 nitrogen and oxygen atoms in total. The number of rotatable bonds is 10.